The molecule has 33 heavy (non-hydrogen) atoms. The summed E-state index contributed by atoms with van der Waals surface area (Å²) in [4.78, 5) is 26.5. The summed E-state index contributed by atoms with van der Waals surface area (Å²) in [5.41, 5.74) is 3.65. The number of amides is 2. The second-order valence-electron chi connectivity index (χ2n) is 8.07. The van der Waals surface area contributed by atoms with E-state index in [-0.39, 0.29) is 17.9 Å². The SMILES string of the molecule is CCc1ccccc1OC1C(=O)N(Cc2cccc(NC(C)=O)c2)C1c1cccc(OC)c1. The van der Waals surface area contributed by atoms with Crippen molar-refractivity contribution in [3.8, 4) is 11.5 Å². The van der Waals surface area contributed by atoms with Crippen molar-refractivity contribution in [3.05, 3.63) is 89.5 Å². The molecule has 1 heterocycles. The van der Waals surface area contributed by atoms with Gasteiger partial charge in [0.05, 0.1) is 7.11 Å². The van der Waals surface area contributed by atoms with Gasteiger partial charge >= 0.3 is 0 Å². The number of anilines is 1. The van der Waals surface area contributed by atoms with Crippen LogP contribution >= 0.6 is 0 Å². The number of rotatable bonds is 8. The van der Waals surface area contributed by atoms with Crippen LogP contribution in [0, 0.1) is 0 Å². The summed E-state index contributed by atoms with van der Waals surface area (Å²) >= 11 is 0. The second kappa shape index (κ2) is 9.77. The number of para-hydroxylation sites is 1. The first kappa shape index (κ1) is 22.4. The van der Waals surface area contributed by atoms with E-state index in [0.717, 1.165) is 34.6 Å². The average molecular weight is 445 g/mol. The van der Waals surface area contributed by atoms with Gasteiger partial charge in [-0.3, -0.25) is 9.59 Å². The van der Waals surface area contributed by atoms with Crippen molar-refractivity contribution in [1.29, 1.82) is 0 Å². The zero-order valence-corrected chi connectivity index (χ0v) is 19.1. The van der Waals surface area contributed by atoms with Crippen LogP contribution in [0.2, 0.25) is 0 Å². The average Bonchev–Trinajstić information content (AvgIpc) is 2.83. The highest BCUT2D eigenvalue weighted by molar-refractivity contribution is 5.90. The van der Waals surface area contributed by atoms with E-state index in [2.05, 4.69) is 12.2 Å². The van der Waals surface area contributed by atoms with Crippen LogP contribution in [0.15, 0.2) is 72.8 Å². The highest BCUT2D eigenvalue weighted by Gasteiger charge is 2.50. The van der Waals surface area contributed by atoms with E-state index >= 15 is 0 Å². The number of carbonyl (C=O) groups is 2. The molecule has 2 amide bonds. The molecule has 1 fully saturated rings. The van der Waals surface area contributed by atoms with Crippen LogP contribution in [0.4, 0.5) is 5.69 Å². The summed E-state index contributed by atoms with van der Waals surface area (Å²) in [5, 5.41) is 2.79. The Bertz CT molecular complexity index is 1160. The minimum absolute atomic E-state index is 0.0707. The molecule has 0 spiro atoms. The van der Waals surface area contributed by atoms with Crippen molar-refractivity contribution in [2.24, 2.45) is 0 Å². The third kappa shape index (κ3) is 4.85. The molecule has 6 heteroatoms. The van der Waals surface area contributed by atoms with E-state index < -0.39 is 6.10 Å². The van der Waals surface area contributed by atoms with Crippen molar-refractivity contribution in [1.82, 2.24) is 4.90 Å². The molecule has 1 saturated heterocycles. The Morgan fingerprint density at radius 3 is 2.58 bits per heavy atom. The Labute approximate surface area is 194 Å². The van der Waals surface area contributed by atoms with E-state index in [4.69, 9.17) is 9.47 Å². The molecule has 6 nitrogen and oxygen atoms in total. The summed E-state index contributed by atoms with van der Waals surface area (Å²) in [6.45, 7) is 3.95. The summed E-state index contributed by atoms with van der Waals surface area (Å²) in [7, 11) is 1.63. The fourth-order valence-corrected chi connectivity index (χ4v) is 4.18. The van der Waals surface area contributed by atoms with Crippen LogP contribution in [0.25, 0.3) is 0 Å². The van der Waals surface area contributed by atoms with Crippen LogP contribution in [0.1, 0.15) is 36.6 Å². The van der Waals surface area contributed by atoms with Gasteiger partial charge in [0.25, 0.3) is 5.91 Å². The number of aryl methyl sites for hydroxylation is 1. The molecule has 0 aromatic heterocycles. The Morgan fingerprint density at radius 2 is 1.82 bits per heavy atom. The van der Waals surface area contributed by atoms with Crippen LogP contribution in [-0.4, -0.2) is 29.9 Å². The van der Waals surface area contributed by atoms with Gasteiger partial charge in [0.15, 0.2) is 0 Å². The molecule has 2 unspecified atom stereocenters. The normalized spacial score (nSPS) is 17.3. The van der Waals surface area contributed by atoms with E-state index in [1.54, 1.807) is 12.0 Å². The molecule has 3 aromatic rings. The number of likely N-dealkylation sites (tertiary alicyclic amines) is 1. The number of hydrogen-bond donors (Lipinski definition) is 1. The van der Waals surface area contributed by atoms with Crippen LogP contribution in [0.3, 0.4) is 0 Å². The summed E-state index contributed by atoms with van der Waals surface area (Å²) in [5.74, 6) is 1.26. The number of hydrogen-bond acceptors (Lipinski definition) is 4. The van der Waals surface area contributed by atoms with E-state index in [9.17, 15) is 9.59 Å². The first-order valence-corrected chi connectivity index (χ1v) is 11.1. The first-order chi connectivity index (χ1) is 16.0. The maximum Gasteiger partial charge on any atom is 0.267 e. The molecule has 1 aliphatic heterocycles. The predicted molar refractivity (Wildman–Crippen MR) is 127 cm³/mol. The number of carbonyl (C=O) groups excluding carboxylic acids is 2. The van der Waals surface area contributed by atoms with Gasteiger partial charge in [0, 0.05) is 19.2 Å². The lowest BCUT2D eigenvalue weighted by molar-refractivity contribution is -0.165. The molecule has 0 bridgehead atoms. The lowest BCUT2D eigenvalue weighted by atomic mass is 9.89. The molecule has 1 aliphatic rings. The Morgan fingerprint density at radius 1 is 1.03 bits per heavy atom. The van der Waals surface area contributed by atoms with Crippen LogP contribution in [0.5, 0.6) is 11.5 Å². The monoisotopic (exact) mass is 444 g/mol. The fraction of sp³-hybridized carbons (Fsp3) is 0.259. The zero-order valence-electron chi connectivity index (χ0n) is 19.1. The maximum atomic E-state index is 13.3. The number of β-lactam (4-membered cyclic amide) rings is 1. The minimum Gasteiger partial charge on any atom is -0.497 e. The summed E-state index contributed by atoms with van der Waals surface area (Å²) < 4.78 is 11.7. The maximum absolute atomic E-state index is 13.3. The third-order valence-corrected chi connectivity index (χ3v) is 5.79. The van der Waals surface area contributed by atoms with Gasteiger partial charge in [-0.2, -0.15) is 0 Å². The van der Waals surface area contributed by atoms with Crippen molar-refractivity contribution in [3.63, 3.8) is 0 Å². The number of nitrogens with zero attached hydrogens (tertiary/aromatic N) is 1. The third-order valence-electron chi connectivity index (χ3n) is 5.79. The summed E-state index contributed by atoms with van der Waals surface area (Å²) in [6, 6.07) is 22.8. The number of benzene rings is 3. The van der Waals surface area contributed by atoms with Crippen molar-refractivity contribution < 1.29 is 19.1 Å². The largest absolute Gasteiger partial charge is 0.497 e. The molecule has 4 rings (SSSR count). The molecule has 0 radical (unpaired) electrons. The number of methoxy groups -OCH3 is 1. The van der Waals surface area contributed by atoms with Gasteiger partial charge in [-0.25, -0.2) is 0 Å². The van der Waals surface area contributed by atoms with Crippen molar-refractivity contribution >= 4 is 17.5 Å². The topological polar surface area (TPSA) is 67.9 Å². The lowest BCUT2D eigenvalue weighted by Crippen LogP contribution is -2.60. The molecule has 0 saturated carbocycles. The van der Waals surface area contributed by atoms with Crippen molar-refractivity contribution in [2.45, 2.75) is 39.0 Å². The quantitative estimate of drug-likeness (QED) is 0.509. The van der Waals surface area contributed by atoms with Gasteiger partial charge in [-0.15, -0.1) is 0 Å². The molecule has 170 valence electrons. The molecule has 0 aliphatic carbocycles. The first-order valence-electron chi connectivity index (χ1n) is 11.1. The van der Waals surface area contributed by atoms with E-state index in [1.165, 1.54) is 6.92 Å². The van der Waals surface area contributed by atoms with Gasteiger partial charge < -0.3 is 19.7 Å². The van der Waals surface area contributed by atoms with E-state index in [0.29, 0.717) is 12.2 Å². The molecular weight excluding hydrogens is 416 g/mol. The Hall–Kier alpha value is -3.80. The van der Waals surface area contributed by atoms with Gasteiger partial charge in [-0.1, -0.05) is 49.4 Å². The second-order valence-corrected chi connectivity index (χ2v) is 8.07. The highest BCUT2D eigenvalue weighted by Crippen LogP contribution is 2.40. The van der Waals surface area contributed by atoms with Gasteiger partial charge in [-0.05, 0) is 53.4 Å². The minimum atomic E-state index is -0.622. The van der Waals surface area contributed by atoms with Crippen LogP contribution < -0.4 is 14.8 Å². The highest BCUT2D eigenvalue weighted by atomic mass is 16.5. The smallest absolute Gasteiger partial charge is 0.267 e. The van der Waals surface area contributed by atoms with Crippen LogP contribution in [-0.2, 0) is 22.6 Å². The molecule has 3 aromatic carbocycles. The van der Waals surface area contributed by atoms with Gasteiger partial charge in [0.1, 0.15) is 17.5 Å². The molecule has 1 N–H and O–H groups in total. The number of nitrogens with one attached hydrogen (secondary N) is 1. The Balaban J connectivity index is 1.63. The molecular formula is C27H28N2O4. The van der Waals surface area contributed by atoms with Gasteiger partial charge in [0.2, 0.25) is 12.0 Å². The van der Waals surface area contributed by atoms with Crippen molar-refractivity contribution in [2.75, 3.05) is 12.4 Å². The lowest BCUT2D eigenvalue weighted by Gasteiger charge is -2.47. The van der Waals surface area contributed by atoms with E-state index in [1.807, 2.05) is 72.8 Å². The Kier molecular flexibility index (Phi) is 6.63. The predicted octanol–water partition coefficient (Wildman–Crippen LogP) is 4.75. The number of ether oxygens (including phenoxy) is 2. The zero-order chi connectivity index (χ0) is 23.4. The fourth-order valence-electron chi connectivity index (χ4n) is 4.18. The molecule has 2 atom stereocenters. The summed E-state index contributed by atoms with van der Waals surface area (Å²) in [6.07, 6.45) is 0.198. The standard InChI is InChI=1S/C27H28N2O4/c1-4-20-10-5-6-14-24(20)33-26-25(21-11-8-13-23(16-21)32-3)29(27(26)31)17-19-9-7-12-22(15-19)28-18(2)30/h5-16,25-26H,4,17H2,1-3H3,(H,28,30).